The van der Waals surface area contributed by atoms with E-state index < -0.39 is 0 Å². The van der Waals surface area contributed by atoms with Gasteiger partial charge in [0.15, 0.2) is 11.5 Å². The Balaban J connectivity index is 1.83. The molecule has 0 saturated carbocycles. The van der Waals surface area contributed by atoms with Gasteiger partial charge in [0.25, 0.3) is 0 Å². The van der Waals surface area contributed by atoms with Crippen LogP contribution in [0.2, 0.25) is 0 Å². The molecule has 0 aliphatic rings. The van der Waals surface area contributed by atoms with Gasteiger partial charge >= 0.3 is 0 Å². The quantitative estimate of drug-likeness (QED) is 0.465. The average Bonchev–Trinajstić information content (AvgIpc) is 3.11. The third kappa shape index (κ3) is 5.58. The molecular formula is C27H32N4O4. The van der Waals surface area contributed by atoms with E-state index in [2.05, 4.69) is 11.4 Å². The van der Waals surface area contributed by atoms with Gasteiger partial charge in [-0.25, -0.2) is 0 Å². The van der Waals surface area contributed by atoms with Crippen LogP contribution in [-0.2, 0) is 11.3 Å². The van der Waals surface area contributed by atoms with Crippen LogP contribution in [0, 0.1) is 25.2 Å². The lowest BCUT2D eigenvalue weighted by Crippen LogP contribution is -2.33. The van der Waals surface area contributed by atoms with Crippen LogP contribution in [0.15, 0.2) is 42.5 Å². The van der Waals surface area contributed by atoms with Crippen molar-refractivity contribution in [3.05, 3.63) is 64.8 Å². The molecule has 0 spiro atoms. The first-order chi connectivity index (χ1) is 16.9. The summed E-state index contributed by atoms with van der Waals surface area (Å²) in [5, 5.41) is 12.8. The Kier molecular flexibility index (Phi) is 8.39. The lowest BCUT2D eigenvalue weighted by Gasteiger charge is -2.21. The number of nitrogens with zero attached hydrogens (tertiary/aromatic N) is 3. The molecular weight excluding hydrogens is 444 g/mol. The number of carbonyl (C=O) groups is 1. The van der Waals surface area contributed by atoms with Crippen LogP contribution < -0.4 is 19.5 Å². The molecule has 3 rings (SSSR count). The highest BCUT2D eigenvalue weighted by atomic mass is 16.5. The second-order valence-corrected chi connectivity index (χ2v) is 8.12. The van der Waals surface area contributed by atoms with Crippen molar-refractivity contribution in [3.63, 3.8) is 0 Å². The van der Waals surface area contributed by atoms with Crippen molar-refractivity contribution < 1.29 is 19.0 Å². The summed E-state index contributed by atoms with van der Waals surface area (Å²) in [6.07, 6.45) is 0. The minimum absolute atomic E-state index is 0.168. The summed E-state index contributed by atoms with van der Waals surface area (Å²) >= 11 is 0. The summed E-state index contributed by atoms with van der Waals surface area (Å²) < 4.78 is 17.9. The Morgan fingerprint density at radius 3 is 2.29 bits per heavy atom. The minimum atomic E-state index is -0.198. The van der Waals surface area contributed by atoms with Crippen LogP contribution in [0.4, 0.5) is 5.82 Å². The molecule has 35 heavy (non-hydrogen) atoms. The normalized spacial score (nSPS) is 10.7. The van der Waals surface area contributed by atoms with Gasteiger partial charge in [-0.05, 0) is 67.9 Å². The molecule has 0 aliphatic carbocycles. The van der Waals surface area contributed by atoms with Crippen LogP contribution in [0.25, 0.3) is 5.69 Å². The number of nitriles is 1. The van der Waals surface area contributed by atoms with Gasteiger partial charge in [0.05, 0.1) is 33.4 Å². The molecule has 1 aromatic heterocycles. The molecule has 1 amide bonds. The number of ether oxygens (including phenoxy) is 3. The fourth-order valence-electron chi connectivity index (χ4n) is 4.01. The molecule has 0 fully saturated rings. The molecule has 1 N–H and O–H groups in total. The van der Waals surface area contributed by atoms with Crippen molar-refractivity contribution in [2.75, 3.05) is 39.7 Å². The van der Waals surface area contributed by atoms with Gasteiger partial charge in [-0.2, -0.15) is 5.26 Å². The Bertz CT molecular complexity index is 1230. The molecule has 2 aromatic carbocycles. The van der Waals surface area contributed by atoms with Gasteiger partial charge in [-0.3, -0.25) is 14.3 Å². The molecule has 0 bridgehead atoms. The molecule has 184 valence electrons. The van der Waals surface area contributed by atoms with E-state index in [1.54, 1.807) is 21.3 Å². The molecule has 0 unspecified atom stereocenters. The smallest absolute Gasteiger partial charge is 0.239 e. The average molecular weight is 477 g/mol. The first-order valence-corrected chi connectivity index (χ1v) is 11.4. The predicted molar refractivity (Wildman–Crippen MR) is 136 cm³/mol. The van der Waals surface area contributed by atoms with Crippen LogP contribution in [-0.4, -0.2) is 49.8 Å². The lowest BCUT2D eigenvalue weighted by molar-refractivity contribution is -0.117. The van der Waals surface area contributed by atoms with Gasteiger partial charge in [-0.15, -0.1) is 0 Å². The zero-order valence-corrected chi connectivity index (χ0v) is 21.1. The highest BCUT2D eigenvalue weighted by Crippen LogP contribution is 2.31. The zero-order valence-electron chi connectivity index (χ0n) is 21.1. The van der Waals surface area contributed by atoms with E-state index >= 15 is 0 Å². The van der Waals surface area contributed by atoms with Crippen molar-refractivity contribution in [1.29, 1.82) is 5.26 Å². The predicted octanol–water partition coefficient (Wildman–Crippen LogP) is 4.45. The van der Waals surface area contributed by atoms with Crippen molar-refractivity contribution in [1.82, 2.24) is 9.47 Å². The molecule has 8 nitrogen and oxygen atoms in total. The zero-order chi connectivity index (χ0) is 25.5. The Hall–Kier alpha value is -3.96. The van der Waals surface area contributed by atoms with Crippen LogP contribution in [0.5, 0.6) is 17.2 Å². The van der Waals surface area contributed by atoms with Gasteiger partial charge in [0.2, 0.25) is 5.91 Å². The number of hydrogen-bond acceptors (Lipinski definition) is 6. The first-order valence-electron chi connectivity index (χ1n) is 11.4. The van der Waals surface area contributed by atoms with Gasteiger partial charge in [-0.1, -0.05) is 13.0 Å². The maximum atomic E-state index is 13.1. The van der Waals surface area contributed by atoms with E-state index in [-0.39, 0.29) is 12.5 Å². The van der Waals surface area contributed by atoms with Crippen LogP contribution in [0.1, 0.15) is 29.3 Å². The third-order valence-electron chi connectivity index (χ3n) is 6.08. The van der Waals surface area contributed by atoms with Crippen LogP contribution in [0.3, 0.4) is 0 Å². The monoisotopic (exact) mass is 476 g/mol. The molecule has 8 heteroatoms. The summed E-state index contributed by atoms with van der Waals surface area (Å²) in [6.45, 7) is 7.23. The van der Waals surface area contributed by atoms with E-state index in [4.69, 9.17) is 14.2 Å². The second-order valence-electron chi connectivity index (χ2n) is 8.12. The van der Waals surface area contributed by atoms with Crippen LogP contribution >= 0.6 is 0 Å². The van der Waals surface area contributed by atoms with Gasteiger partial charge in [0.1, 0.15) is 17.6 Å². The minimum Gasteiger partial charge on any atom is -0.497 e. The Morgan fingerprint density at radius 2 is 1.71 bits per heavy atom. The highest BCUT2D eigenvalue weighted by molar-refractivity contribution is 5.93. The molecule has 0 aliphatic heterocycles. The fourth-order valence-corrected chi connectivity index (χ4v) is 4.01. The molecule has 3 aromatic rings. The molecule has 0 radical (unpaired) electrons. The number of hydrogen-bond donors (Lipinski definition) is 1. The first kappa shape index (κ1) is 25.7. The van der Waals surface area contributed by atoms with Gasteiger partial charge in [0, 0.05) is 17.9 Å². The summed E-state index contributed by atoms with van der Waals surface area (Å²) in [5.74, 6) is 2.31. The number of anilines is 1. The van der Waals surface area contributed by atoms with Gasteiger partial charge < -0.3 is 19.5 Å². The number of benzene rings is 2. The number of methoxy groups -OCH3 is 3. The standard InChI is InChI=1S/C27H32N4O4/c1-7-30(16-20-8-13-24(34-5)25(14-20)35-6)17-26(32)29-27-23(15-28)18(2)19(3)31(27)21-9-11-22(33-4)12-10-21/h8-14H,7,16-17H2,1-6H3,(H,29,32). The number of amides is 1. The van der Waals surface area contributed by atoms with Crippen molar-refractivity contribution in [2.45, 2.75) is 27.3 Å². The Labute approximate surface area is 206 Å². The second kappa shape index (κ2) is 11.4. The maximum absolute atomic E-state index is 13.1. The van der Waals surface area contributed by atoms with E-state index in [1.807, 2.05) is 72.7 Å². The Morgan fingerprint density at radius 1 is 1.03 bits per heavy atom. The summed E-state index contributed by atoms with van der Waals surface area (Å²) in [4.78, 5) is 15.1. The third-order valence-corrected chi connectivity index (χ3v) is 6.08. The number of nitrogens with one attached hydrogen (secondary N) is 1. The number of aromatic nitrogens is 1. The van der Waals surface area contributed by atoms with E-state index in [0.717, 1.165) is 28.3 Å². The molecule has 0 atom stereocenters. The van der Waals surface area contributed by atoms with Crippen molar-refractivity contribution in [2.24, 2.45) is 0 Å². The summed E-state index contributed by atoms with van der Waals surface area (Å²) in [5.41, 5.74) is 4.01. The largest absolute Gasteiger partial charge is 0.497 e. The summed E-state index contributed by atoms with van der Waals surface area (Å²) in [6, 6.07) is 15.5. The van der Waals surface area contributed by atoms with Crippen molar-refractivity contribution in [3.8, 4) is 29.0 Å². The summed E-state index contributed by atoms with van der Waals surface area (Å²) in [7, 11) is 4.81. The molecule has 0 saturated heterocycles. The van der Waals surface area contributed by atoms with E-state index in [0.29, 0.717) is 36.0 Å². The lowest BCUT2D eigenvalue weighted by atomic mass is 10.2. The highest BCUT2D eigenvalue weighted by Gasteiger charge is 2.22. The topological polar surface area (TPSA) is 88.8 Å². The molecule has 1 heterocycles. The van der Waals surface area contributed by atoms with E-state index in [9.17, 15) is 10.1 Å². The SMILES string of the molecule is CCN(CC(=O)Nc1c(C#N)c(C)c(C)n1-c1ccc(OC)cc1)Cc1ccc(OC)c(OC)c1. The van der Waals surface area contributed by atoms with E-state index in [1.165, 1.54) is 0 Å². The number of likely N-dealkylation sites (N-methyl/N-ethyl adjacent to an activating group) is 1. The fraction of sp³-hybridized carbons (Fsp3) is 0.333. The van der Waals surface area contributed by atoms with Crippen molar-refractivity contribution >= 4 is 11.7 Å². The maximum Gasteiger partial charge on any atom is 0.239 e. The number of carbonyl (C=O) groups excluding carboxylic acids is 1. The number of rotatable bonds is 10.